The first kappa shape index (κ1) is 25.9. The Bertz CT molecular complexity index is 1140. The predicted molar refractivity (Wildman–Crippen MR) is 140 cm³/mol. The van der Waals surface area contributed by atoms with Crippen molar-refractivity contribution in [3.63, 3.8) is 0 Å². The molecule has 0 radical (unpaired) electrons. The maximum absolute atomic E-state index is 13.6. The number of anilines is 2. The second-order valence-electron chi connectivity index (χ2n) is 8.90. The van der Waals surface area contributed by atoms with Gasteiger partial charge in [0.15, 0.2) is 0 Å². The smallest absolute Gasteiger partial charge is 0.255 e. The maximum Gasteiger partial charge on any atom is 0.255 e. The number of nitrogens with zero attached hydrogens (tertiary/aromatic N) is 2. The third-order valence-electron chi connectivity index (χ3n) is 6.13. The fourth-order valence-corrected chi connectivity index (χ4v) is 4.18. The molecule has 0 aliphatic heterocycles. The van der Waals surface area contributed by atoms with E-state index in [0.29, 0.717) is 18.8 Å². The minimum absolute atomic E-state index is 0.0441. The van der Waals surface area contributed by atoms with Crippen LogP contribution in [-0.4, -0.2) is 30.8 Å². The largest absolute Gasteiger partial charge is 0.377 e. The summed E-state index contributed by atoms with van der Waals surface area (Å²) in [5.74, 6) is -0.768. The van der Waals surface area contributed by atoms with Crippen LogP contribution in [0.5, 0.6) is 0 Å². The highest BCUT2D eigenvalue weighted by molar-refractivity contribution is 6.04. The zero-order valence-electron chi connectivity index (χ0n) is 20.9. The molecule has 0 aromatic heterocycles. The molecule has 3 rings (SSSR count). The van der Waals surface area contributed by atoms with Crippen LogP contribution in [0.25, 0.3) is 0 Å². The number of carbonyl (C=O) groups excluding carboxylic acids is 2. The molecule has 0 fully saturated rings. The Kier molecular flexibility index (Phi) is 9.01. The lowest BCUT2D eigenvalue weighted by Gasteiger charge is -2.29. The Balaban J connectivity index is 1.92. The summed E-state index contributed by atoms with van der Waals surface area (Å²) in [5, 5.41) is 2.86. The lowest BCUT2D eigenvalue weighted by molar-refractivity contribution is -0.137. The van der Waals surface area contributed by atoms with Gasteiger partial charge in [-0.3, -0.25) is 9.59 Å². The summed E-state index contributed by atoms with van der Waals surface area (Å²) in [7, 11) is 3.90. The topological polar surface area (TPSA) is 52.7 Å². The van der Waals surface area contributed by atoms with Crippen LogP contribution in [0.2, 0.25) is 0 Å². The molecule has 6 heteroatoms. The van der Waals surface area contributed by atoms with Crippen LogP contribution in [-0.2, 0) is 17.9 Å². The molecule has 0 saturated carbocycles. The van der Waals surface area contributed by atoms with E-state index in [1.807, 2.05) is 86.3 Å². The molecule has 2 amide bonds. The Hall–Kier alpha value is -3.67. The number of amides is 2. The van der Waals surface area contributed by atoms with Gasteiger partial charge in [-0.2, -0.15) is 0 Å². The van der Waals surface area contributed by atoms with Crippen LogP contribution >= 0.6 is 0 Å². The highest BCUT2D eigenvalue weighted by atomic mass is 19.1. The minimum Gasteiger partial charge on any atom is -0.377 e. The van der Waals surface area contributed by atoms with Gasteiger partial charge in [-0.25, -0.2) is 4.39 Å². The van der Waals surface area contributed by atoms with Gasteiger partial charge in [0, 0.05) is 50.0 Å². The van der Waals surface area contributed by atoms with Crippen molar-refractivity contribution in [2.45, 2.75) is 39.8 Å². The van der Waals surface area contributed by atoms with Gasteiger partial charge < -0.3 is 15.1 Å². The lowest BCUT2D eigenvalue weighted by atomic mass is 10.0. The van der Waals surface area contributed by atoms with Crippen molar-refractivity contribution >= 4 is 23.2 Å². The van der Waals surface area contributed by atoms with E-state index in [2.05, 4.69) is 5.32 Å². The van der Waals surface area contributed by atoms with Gasteiger partial charge in [0.25, 0.3) is 5.91 Å². The molecule has 3 aromatic carbocycles. The average molecular weight is 476 g/mol. The number of hydrogen-bond donors (Lipinski definition) is 1. The Labute approximate surface area is 207 Å². The summed E-state index contributed by atoms with van der Waals surface area (Å²) in [4.78, 5) is 30.1. The molecule has 3 aromatic rings. The van der Waals surface area contributed by atoms with E-state index >= 15 is 0 Å². The van der Waals surface area contributed by atoms with E-state index in [1.165, 1.54) is 18.2 Å². The van der Waals surface area contributed by atoms with Gasteiger partial charge in [-0.15, -0.1) is 0 Å². The molecule has 0 atom stereocenters. The van der Waals surface area contributed by atoms with Crippen molar-refractivity contribution in [1.82, 2.24) is 4.90 Å². The van der Waals surface area contributed by atoms with Crippen LogP contribution in [0.15, 0.2) is 72.8 Å². The number of benzene rings is 3. The molecule has 0 aliphatic rings. The molecule has 0 unspecified atom stereocenters. The van der Waals surface area contributed by atoms with Crippen molar-refractivity contribution < 1.29 is 14.0 Å². The summed E-state index contributed by atoms with van der Waals surface area (Å²) in [5.41, 5.74) is 3.78. The number of hydrogen-bond acceptors (Lipinski definition) is 3. The molecular weight excluding hydrogens is 441 g/mol. The van der Waals surface area contributed by atoms with Gasteiger partial charge in [0.05, 0.1) is 0 Å². The predicted octanol–water partition coefficient (Wildman–Crippen LogP) is 6.11. The fourth-order valence-electron chi connectivity index (χ4n) is 4.18. The van der Waals surface area contributed by atoms with Crippen LogP contribution < -0.4 is 10.2 Å². The van der Waals surface area contributed by atoms with E-state index in [0.717, 1.165) is 29.7 Å². The number of nitrogens with one attached hydrogen (secondary N) is 1. The fraction of sp³-hybridized carbons (Fsp3) is 0.310. The number of carbonyl (C=O) groups is 2. The summed E-state index contributed by atoms with van der Waals surface area (Å²) in [6, 6.07) is 21.2. The highest BCUT2D eigenvalue weighted by Gasteiger charge is 2.23. The second-order valence-corrected chi connectivity index (χ2v) is 8.90. The summed E-state index contributed by atoms with van der Waals surface area (Å²) in [6.07, 6.45) is 1.57. The van der Waals surface area contributed by atoms with Crippen LogP contribution in [0.1, 0.15) is 48.2 Å². The van der Waals surface area contributed by atoms with Crippen molar-refractivity contribution in [1.29, 1.82) is 0 Å². The lowest BCUT2D eigenvalue weighted by Crippen LogP contribution is -2.35. The van der Waals surface area contributed by atoms with Gasteiger partial charge in [0.2, 0.25) is 5.91 Å². The van der Waals surface area contributed by atoms with E-state index < -0.39 is 5.82 Å². The molecule has 0 heterocycles. The monoisotopic (exact) mass is 475 g/mol. The van der Waals surface area contributed by atoms with Crippen LogP contribution in [0, 0.1) is 11.7 Å². The molecule has 0 saturated heterocycles. The number of halogens is 1. The normalized spacial score (nSPS) is 10.8. The van der Waals surface area contributed by atoms with Crippen molar-refractivity contribution in [2.24, 2.45) is 5.92 Å². The number of rotatable bonds is 10. The zero-order chi connectivity index (χ0) is 25.4. The molecule has 1 N–H and O–H groups in total. The minimum atomic E-state index is -0.460. The molecule has 0 bridgehead atoms. The van der Waals surface area contributed by atoms with Crippen molar-refractivity contribution in [3.05, 3.63) is 95.3 Å². The molecule has 184 valence electrons. The quantitative estimate of drug-likeness (QED) is 0.385. The van der Waals surface area contributed by atoms with Gasteiger partial charge >= 0.3 is 0 Å². The first-order valence-corrected chi connectivity index (χ1v) is 12.0. The van der Waals surface area contributed by atoms with E-state index in [9.17, 15) is 14.0 Å². The van der Waals surface area contributed by atoms with E-state index in [1.54, 1.807) is 6.07 Å². The van der Waals surface area contributed by atoms with E-state index in [-0.39, 0.29) is 23.3 Å². The van der Waals surface area contributed by atoms with Crippen LogP contribution in [0.3, 0.4) is 0 Å². The van der Waals surface area contributed by atoms with Gasteiger partial charge in [-0.1, -0.05) is 50.2 Å². The summed E-state index contributed by atoms with van der Waals surface area (Å²) in [6.45, 7) is 4.99. The van der Waals surface area contributed by atoms with Gasteiger partial charge in [-0.05, 0) is 60.4 Å². The molecule has 5 nitrogen and oxygen atoms in total. The molecular formula is C29H34FN3O2. The Morgan fingerprint density at radius 1 is 0.886 bits per heavy atom. The summed E-state index contributed by atoms with van der Waals surface area (Å²) < 4.78 is 13.6. The average Bonchev–Trinajstić information content (AvgIpc) is 2.85. The molecule has 0 spiro atoms. The third kappa shape index (κ3) is 6.92. The molecule has 35 heavy (non-hydrogen) atoms. The van der Waals surface area contributed by atoms with Crippen molar-refractivity contribution in [3.8, 4) is 0 Å². The summed E-state index contributed by atoms with van der Waals surface area (Å²) >= 11 is 0. The third-order valence-corrected chi connectivity index (χ3v) is 6.13. The van der Waals surface area contributed by atoms with E-state index in [4.69, 9.17) is 0 Å². The zero-order valence-corrected chi connectivity index (χ0v) is 20.9. The van der Waals surface area contributed by atoms with Crippen molar-refractivity contribution in [2.75, 3.05) is 24.3 Å². The SMILES string of the molecule is CCC(CC)C(=O)N(Cc1ccccc1)Cc1cc(NC(=O)c2cccc(F)c2)ccc1N(C)C. The first-order chi connectivity index (χ1) is 16.8. The second kappa shape index (κ2) is 12.2. The highest BCUT2D eigenvalue weighted by Crippen LogP contribution is 2.27. The Morgan fingerprint density at radius 2 is 1.60 bits per heavy atom. The first-order valence-electron chi connectivity index (χ1n) is 12.0. The maximum atomic E-state index is 13.6. The molecule has 0 aliphatic carbocycles. The standard InChI is InChI=1S/C29H34FN3O2/c1-5-22(6-2)29(35)33(19-21-11-8-7-9-12-21)20-24-18-26(15-16-27(24)32(3)4)31-28(34)23-13-10-14-25(30)17-23/h7-18,22H,5-6,19-20H2,1-4H3,(H,31,34). The van der Waals surface area contributed by atoms with Gasteiger partial charge in [0.1, 0.15) is 5.82 Å². The van der Waals surface area contributed by atoms with Crippen LogP contribution in [0.4, 0.5) is 15.8 Å². The Morgan fingerprint density at radius 3 is 2.23 bits per heavy atom.